The van der Waals surface area contributed by atoms with E-state index < -0.39 is 0 Å². The van der Waals surface area contributed by atoms with Crippen LogP contribution in [0.4, 0.5) is 5.69 Å². The number of hydrogen-bond donors (Lipinski definition) is 0. The van der Waals surface area contributed by atoms with Crippen LogP contribution < -0.4 is 0 Å². The Hall–Kier alpha value is -9.54. The fourth-order valence-corrected chi connectivity index (χ4v) is 16.4. The van der Waals surface area contributed by atoms with Crippen LogP contribution in [0, 0.1) is 17.9 Å². The summed E-state index contributed by atoms with van der Waals surface area (Å²) in [6, 6.07) is 75.9. The Morgan fingerprint density at radius 1 is 0.382 bits per heavy atom. The number of hydrogen-bond acceptors (Lipinski definition) is 5. The molecule has 8 heteroatoms. The van der Waals surface area contributed by atoms with Crippen LogP contribution in [-0.2, 0) is 0 Å². The molecule has 11 aromatic carbocycles. The van der Waals surface area contributed by atoms with Gasteiger partial charge in [0.2, 0.25) is 5.69 Å². The molecule has 6 heterocycles. The Labute approximate surface area is 444 Å². The number of nitriles is 1. The molecule has 17 aromatic rings. The Morgan fingerprint density at radius 3 is 1.26 bits per heavy atom. The van der Waals surface area contributed by atoms with Gasteiger partial charge in [-0.1, -0.05) is 176 Å². The van der Waals surface area contributed by atoms with Crippen LogP contribution in [-0.4, -0.2) is 9.13 Å². The maximum absolute atomic E-state index is 12.8. The third kappa shape index (κ3) is 5.44. The summed E-state index contributed by atoms with van der Waals surface area (Å²) in [6.07, 6.45) is 0. The van der Waals surface area contributed by atoms with Crippen molar-refractivity contribution in [1.29, 1.82) is 5.26 Å². The van der Waals surface area contributed by atoms with Crippen LogP contribution in [0.25, 0.3) is 165 Å². The van der Waals surface area contributed by atoms with E-state index in [1.165, 1.54) is 20.2 Å². The Morgan fingerprint density at radius 2 is 0.776 bits per heavy atom. The third-order valence-corrected chi connectivity index (χ3v) is 19.4. The fraction of sp³-hybridized carbons (Fsp3) is 0. The predicted octanol–water partition coefficient (Wildman–Crippen LogP) is 20.6. The van der Waals surface area contributed by atoms with E-state index in [0.717, 1.165) is 128 Å². The lowest BCUT2D eigenvalue weighted by molar-refractivity contribution is 0.671. The molecule has 0 spiro atoms. The molecule has 17 rings (SSSR count). The molecule has 0 aliphatic heterocycles. The number of rotatable bonds is 4. The minimum atomic E-state index is 0.384. The highest BCUT2D eigenvalue weighted by atomic mass is 32.1. The van der Waals surface area contributed by atoms with Crippen molar-refractivity contribution >= 4 is 166 Å². The molecular formula is C68H34N4OS3. The largest absolute Gasteiger partial charge is 0.454 e. The van der Waals surface area contributed by atoms with Crippen molar-refractivity contribution in [3.05, 3.63) is 223 Å². The molecule has 0 saturated heterocycles. The lowest BCUT2D eigenvalue weighted by Crippen LogP contribution is -2.09. The van der Waals surface area contributed by atoms with Crippen molar-refractivity contribution < 1.29 is 4.42 Å². The summed E-state index contributed by atoms with van der Waals surface area (Å²) in [5.41, 5.74) is 10.6. The van der Waals surface area contributed by atoms with E-state index in [1.54, 1.807) is 34.0 Å². The van der Waals surface area contributed by atoms with Crippen LogP contribution in [0.5, 0.6) is 0 Å². The lowest BCUT2D eigenvalue weighted by Gasteiger charge is -2.25. The molecule has 0 atom stereocenters. The van der Waals surface area contributed by atoms with Crippen molar-refractivity contribution in [2.24, 2.45) is 0 Å². The average Bonchev–Trinajstić information content (AvgIpc) is 4.43. The lowest BCUT2D eigenvalue weighted by atomic mass is 9.87. The van der Waals surface area contributed by atoms with E-state index >= 15 is 0 Å². The summed E-state index contributed by atoms with van der Waals surface area (Å²) in [7, 11) is 0. The van der Waals surface area contributed by atoms with Crippen LogP contribution in [0.1, 0.15) is 5.56 Å². The molecule has 0 aliphatic carbocycles. The topological polar surface area (TPSA) is 51.1 Å². The molecule has 0 N–H and O–H groups in total. The standard InChI is InChI=1S/C68H34N4OS3/c1-70-58-56(37-16-4-2-5-17-37)57(38-18-6-3-7-19-38)59(71-62-45(30-34-48-40-21-9-13-25-53(40)74-66(48)62)46-31-35-49-41-22-10-14-26-54(41)75-67(49)63(46)71)51(36-69)60(58)72-61-43(28-32-47-39-20-8-12-24-52(39)73-65(47)61)44-29-33-50-42-23-11-15-27-55(42)76-68(50)64(44)72/h2-35H. The van der Waals surface area contributed by atoms with E-state index in [-0.39, 0.29) is 0 Å². The smallest absolute Gasteiger partial charge is 0.220 e. The van der Waals surface area contributed by atoms with Gasteiger partial charge < -0.3 is 13.6 Å². The number of benzene rings is 11. The van der Waals surface area contributed by atoms with E-state index in [9.17, 15) is 11.8 Å². The minimum Gasteiger partial charge on any atom is -0.454 e. The predicted molar refractivity (Wildman–Crippen MR) is 323 cm³/mol. The molecule has 0 amide bonds. The molecule has 0 unspecified atom stereocenters. The van der Waals surface area contributed by atoms with E-state index in [4.69, 9.17) is 9.26 Å². The highest BCUT2D eigenvalue weighted by Gasteiger charge is 2.34. The molecule has 0 bridgehead atoms. The summed E-state index contributed by atoms with van der Waals surface area (Å²) in [5.74, 6) is 0. The molecule has 0 aliphatic rings. The Balaban J connectivity index is 1.19. The number of para-hydroxylation sites is 1. The molecule has 5 nitrogen and oxygen atoms in total. The first-order valence-corrected chi connectivity index (χ1v) is 27.6. The van der Waals surface area contributed by atoms with E-state index in [2.05, 4.69) is 197 Å². The number of fused-ring (bicyclic) bond motifs is 22. The number of nitrogens with zero attached hydrogens (tertiary/aromatic N) is 4. The number of aromatic nitrogens is 2. The van der Waals surface area contributed by atoms with Crippen LogP contribution in [0.15, 0.2) is 211 Å². The molecule has 76 heavy (non-hydrogen) atoms. The molecule has 6 aromatic heterocycles. The zero-order valence-electron chi connectivity index (χ0n) is 40.1. The van der Waals surface area contributed by atoms with Crippen molar-refractivity contribution in [3.63, 3.8) is 0 Å². The first-order chi connectivity index (χ1) is 37.7. The molecule has 0 fully saturated rings. The van der Waals surface area contributed by atoms with Crippen LogP contribution in [0.2, 0.25) is 0 Å². The normalized spacial score (nSPS) is 12.2. The highest BCUT2D eigenvalue weighted by Crippen LogP contribution is 2.56. The van der Waals surface area contributed by atoms with Gasteiger partial charge in [0.05, 0.1) is 59.7 Å². The summed E-state index contributed by atoms with van der Waals surface area (Å²) >= 11 is 5.34. The number of furan rings is 1. The zero-order chi connectivity index (χ0) is 49.9. The SMILES string of the molecule is [C-]#[N+]c1c(-c2ccccc2)c(-c2ccccc2)c(-n2c3c(ccc4c5ccccc5sc43)c3ccc4c5ccccc5sc4c32)c(C#N)c1-n1c2c(ccc3c4ccccc4oc32)c2ccc3c4ccccc4sc3c21. The van der Waals surface area contributed by atoms with Gasteiger partial charge in [-0.05, 0) is 47.0 Å². The highest BCUT2D eigenvalue weighted by molar-refractivity contribution is 7.27. The summed E-state index contributed by atoms with van der Waals surface area (Å²) < 4.78 is 18.7. The second kappa shape index (κ2) is 15.5. The summed E-state index contributed by atoms with van der Waals surface area (Å²) in [6.45, 7) is 9.65. The van der Waals surface area contributed by atoms with Crippen molar-refractivity contribution in [2.45, 2.75) is 0 Å². The molecular weight excluding hydrogens is 985 g/mol. The van der Waals surface area contributed by atoms with Crippen molar-refractivity contribution in [2.75, 3.05) is 0 Å². The first-order valence-electron chi connectivity index (χ1n) is 25.2. The van der Waals surface area contributed by atoms with E-state index in [1.807, 2.05) is 24.3 Å². The summed E-state index contributed by atoms with van der Waals surface area (Å²) in [4.78, 5) is 4.71. The quantitative estimate of drug-likeness (QED) is 0.165. The van der Waals surface area contributed by atoms with Crippen LogP contribution >= 0.6 is 34.0 Å². The zero-order valence-corrected chi connectivity index (χ0v) is 42.5. The maximum Gasteiger partial charge on any atom is 0.220 e. The molecule has 0 radical (unpaired) electrons. The maximum atomic E-state index is 12.8. The van der Waals surface area contributed by atoms with E-state index in [0.29, 0.717) is 22.5 Å². The van der Waals surface area contributed by atoms with Gasteiger partial charge in [0.25, 0.3) is 0 Å². The molecule has 0 saturated carbocycles. The van der Waals surface area contributed by atoms with Gasteiger partial charge in [0, 0.05) is 84.3 Å². The van der Waals surface area contributed by atoms with Gasteiger partial charge in [-0.2, -0.15) is 5.26 Å². The van der Waals surface area contributed by atoms with Gasteiger partial charge in [-0.3, -0.25) is 0 Å². The van der Waals surface area contributed by atoms with Gasteiger partial charge in [0.1, 0.15) is 11.7 Å². The fourth-order valence-electron chi connectivity index (χ4n) is 12.7. The molecule has 350 valence electrons. The van der Waals surface area contributed by atoms with Gasteiger partial charge in [-0.25, -0.2) is 4.85 Å². The second-order valence-electron chi connectivity index (χ2n) is 19.5. The second-order valence-corrected chi connectivity index (χ2v) is 22.7. The monoisotopic (exact) mass is 1020 g/mol. The Kier molecular flexibility index (Phi) is 8.54. The third-order valence-electron chi connectivity index (χ3n) is 15.8. The van der Waals surface area contributed by atoms with Crippen LogP contribution in [0.3, 0.4) is 0 Å². The van der Waals surface area contributed by atoms with Gasteiger partial charge in [-0.15, -0.1) is 34.0 Å². The van der Waals surface area contributed by atoms with Gasteiger partial charge in [0.15, 0.2) is 5.58 Å². The van der Waals surface area contributed by atoms with Crippen molar-refractivity contribution in [3.8, 4) is 39.7 Å². The van der Waals surface area contributed by atoms with Gasteiger partial charge >= 0.3 is 0 Å². The van der Waals surface area contributed by atoms with Crippen molar-refractivity contribution in [1.82, 2.24) is 9.13 Å². The summed E-state index contributed by atoms with van der Waals surface area (Å²) in [5, 5.41) is 25.9. The minimum absolute atomic E-state index is 0.384. The average molecular weight is 1020 g/mol. The Bertz CT molecular complexity index is 5240. The first kappa shape index (κ1) is 41.9. The number of thiophene rings is 3.